The van der Waals surface area contributed by atoms with E-state index in [2.05, 4.69) is 27.9 Å². The number of amides is 1. The number of nitrogens with zero attached hydrogens (tertiary/aromatic N) is 1. The van der Waals surface area contributed by atoms with Crippen LogP contribution in [0.25, 0.3) is 6.08 Å². The highest BCUT2D eigenvalue weighted by atomic mass is 127. The Hall–Kier alpha value is -3.22. The minimum absolute atomic E-state index is 0.0128. The van der Waals surface area contributed by atoms with Crippen LogP contribution < -0.4 is 19.5 Å². The molecule has 0 atom stereocenters. The van der Waals surface area contributed by atoms with E-state index in [9.17, 15) is 10.1 Å². The first kappa shape index (κ1) is 25.4. The van der Waals surface area contributed by atoms with E-state index in [0.29, 0.717) is 35.2 Å². The van der Waals surface area contributed by atoms with Crippen LogP contribution in [0.2, 0.25) is 5.02 Å². The molecule has 3 aromatic carbocycles. The minimum Gasteiger partial charge on any atom is -0.497 e. The van der Waals surface area contributed by atoms with Crippen molar-refractivity contribution < 1.29 is 19.0 Å². The molecule has 0 heterocycles. The van der Waals surface area contributed by atoms with Gasteiger partial charge >= 0.3 is 0 Å². The number of carbonyl (C=O) groups is 1. The number of ether oxygens (including phenoxy) is 3. The van der Waals surface area contributed by atoms with Crippen LogP contribution in [0.3, 0.4) is 0 Å². The van der Waals surface area contributed by atoms with Crippen molar-refractivity contribution in [2.24, 2.45) is 0 Å². The number of nitriles is 1. The van der Waals surface area contributed by atoms with E-state index in [4.69, 9.17) is 25.8 Å². The van der Waals surface area contributed by atoms with Gasteiger partial charge in [-0.05, 0) is 81.8 Å². The fourth-order valence-corrected chi connectivity index (χ4v) is 3.94. The highest BCUT2D eigenvalue weighted by Crippen LogP contribution is 2.35. The lowest BCUT2D eigenvalue weighted by Crippen LogP contribution is -2.23. The molecule has 1 N–H and O–H groups in total. The predicted molar refractivity (Wildman–Crippen MR) is 140 cm³/mol. The van der Waals surface area contributed by atoms with E-state index in [-0.39, 0.29) is 5.57 Å². The van der Waals surface area contributed by atoms with Crippen molar-refractivity contribution in [2.45, 2.75) is 13.2 Å². The Morgan fingerprint density at radius 2 is 1.74 bits per heavy atom. The summed E-state index contributed by atoms with van der Waals surface area (Å²) in [7, 11) is 3.14. The SMILES string of the molecule is COc1ccc(CNC(=O)/C(C#N)=C/c2cc(I)c(OCc3ccc(Cl)cc3)c(OC)c2)cc1. The zero-order chi connectivity index (χ0) is 24.5. The third kappa shape index (κ3) is 6.89. The van der Waals surface area contributed by atoms with E-state index >= 15 is 0 Å². The number of rotatable bonds is 9. The van der Waals surface area contributed by atoms with Crippen molar-refractivity contribution in [3.05, 3.63) is 91.5 Å². The van der Waals surface area contributed by atoms with Gasteiger partial charge in [-0.1, -0.05) is 35.9 Å². The number of nitrogens with one attached hydrogen (secondary N) is 1. The highest BCUT2D eigenvalue weighted by Gasteiger charge is 2.14. The minimum atomic E-state index is -0.463. The first-order valence-electron chi connectivity index (χ1n) is 10.2. The summed E-state index contributed by atoms with van der Waals surface area (Å²) in [6.07, 6.45) is 1.52. The van der Waals surface area contributed by atoms with Gasteiger partial charge in [-0.2, -0.15) is 5.26 Å². The Morgan fingerprint density at radius 1 is 1.06 bits per heavy atom. The zero-order valence-corrected chi connectivity index (χ0v) is 21.5. The lowest BCUT2D eigenvalue weighted by molar-refractivity contribution is -0.117. The molecule has 0 bridgehead atoms. The maximum atomic E-state index is 12.6. The molecule has 3 aromatic rings. The van der Waals surface area contributed by atoms with Gasteiger partial charge in [0.15, 0.2) is 11.5 Å². The van der Waals surface area contributed by atoms with E-state index < -0.39 is 5.91 Å². The molecule has 0 fully saturated rings. The molecule has 1 amide bonds. The van der Waals surface area contributed by atoms with Gasteiger partial charge in [0.2, 0.25) is 0 Å². The van der Waals surface area contributed by atoms with Crippen LogP contribution in [0.4, 0.5) is 0 Å². The predicted octanol–water partition coefficient (Wildman–Crippen LogP) is 5.76. The Labute approximate surface area is 217 Å². The molecule has 0 saturated heterocycles. The summed E-state index contributed by atoms with van der Waals surface area (Å²) in [4.78, 5) is 12.6. The van der Waals surface area contributed by atoms with Crippen LogP contribution in [0, 0.1) is 14.9 Å². The van der Waals surface area contributed by atoms with Gasteiger partial charge in [0.25, 0.3) is 5.91 Å². The number of halogens is 2. The summed E-state index contributed by atoms with van der Waals surface area (Å²) in [6, 6.07) is 20.3. The Balaban J connectivity index is 1.72. The largest absolute Gasteiger partial charge is 0.497 e. The zero-order valence-electron chi connectivity index (χ0n) is 18.6. The van der Waals surface area contributed by atoms with Gasteiger partial charge in [0.1, 0.15) is 24.0 Å². The first-order chi connectivity index (χ1) is 16.4. The molecule has 3 rings (SSSR count). The standard InChI is InChI=1S/C26H22ClIN2O4/c1-32-22-9-5-17(6-10-22)15-30-26(31)20(14-29)11-19-12-23(28)25(24(13-19)33-2)34-16-18-3-7-21(27)8-4-18/h3-13H,15-16H2,1-2H3,(H,30,31)/b20-11+. The van der Waals surface area contributed by atoms with Gasteiger partial charge in [0, 0.05) is 11.6 Å². The topological polar surface area (TPSA) is 80.6 Å². The van der Waals surface area contributed by atoms with Crippen molar-refractivity contribution >= 4 is 46.2 Å². The molecule has 174 valence electrons. The van der Waals surface area contributed by atoms with Crippen molar-refractivity contribution in [3.63, 3.8) is 0 Å². The molecule has 0 aliphatic rings. The molecule has 0 saturated carbocycles. The van der Waals surface area contributed by atoms with Gasteiger partial charge < -0.3 is 19.5 Å². The molecule has 8 heteroatoms. The van der Waals surface area contributed by atoms with Gasteiger partial charge in [-0.3, -0.25) is 4.79 Å². The summed E-state index contributed by atoms with van der Waals surface area (Å²) in [5.41, 5.74) is 2.49. The number of methoxy groups -OCH3 is 2. The van der Waals surface area contributed by atoms with Crippen LogP contribution in [0.5, 0.6) is 17.2 Å². The summed E-state index contributed by atoms with van der Waals surface area (Å²) < 4.78 is 17.4. The highest BCUT2D eigenvalue weighted by molar-refractivity contribution is 14.1. The normalized spacial score (nSPS) is 10.9. The average Bonchev–Trinajstić information content (AvgIpc) is 2.86. The second-order valence-electron chi connectivity index (χ2n) is 7.15. The number of benzene rings is 3. The Morgan fingerprint density at radius 3 is 2.35 bits per heavy atom. The van der Waals surface area contributed by atoms with Crippen LogP contribution in [-0.4, -0.2) is 20.1 Å². The third-order valence-corrected chi connectivity index (χ3v) is 5.89. The monoisotopic (exact) mass is 588 g/mol. The van der Waals surface area contributed by atoms with Crippen molar-refractivity contribution in [3.8, 4) is 23.3 Å². The molecule has 0 aliphatic heterocycles. The summed E-state index contributed by atoms with van der Waals surface area (Å²) in [6.45, 7) is 0.635. The quantitative estimate of drug-likeness (QED) is 0.195. The summed E-state index contributed by atoms with van der Waals surface area (Å²) in [5, 5.41) is 13.0. The molecule has 6 nitrogen and oxygen atoms in total. The molecule has 0 aliphatic carbocycles. The second kappa shape index (κ2) is 12.3. The number of hydrogen-bond acceptors (Lipinski definition) is 5. The van der Waals surface area contributed by atoms with Crippen molar-refractivity contribution in [1.29, 1.82) is 5.26 Å². The van der Waals surface area contributed by atoms with Crippen LogP contribution in [0.1, 0.15) is 16.7 Å². The maximum absolute atomic E-state index is 12.6. The number of hydrogen-bond donors (Lipinski definition) is 1. The lowest BCUT2D eigenvalue weighted by atomic mass is 10.1. The van der Waals surface area contributed by atoms with Crippen molar-refractivity contribution in [1.82, 2.24) is 5.32 Å². The molecule has 34 heavy (non-hydrogen) atoms. The molecular formula is C26H22ClIN2O4. The van der Waals surface area contributed by atoms with Crippen LogP contribution in [-0.2, 0) is 17.9 Å². The second-order valence-corrected chi connectivity index (χ2v) is 8.75. The first-order valence-corrected chi connectivity index (χ1v) is 11.7. The van der Waals surface area contributed by atoms with Crippen molar-refractivity contribution in [2.75, 3.05) is 14.2 Å². The molecular weight excluding hydrogens is 567 g/mol. The average molecular weight is 589 g/mol. The van der Waals surface area contributed by atoms with E-state index in [1.807, 2.05) is 48.5 Å². The van der Waals surface area contributed by atoms with Gasteiger partial charge in [-0.25, -0.2) is 0 Å². The molecule has 0 radical (unpaired) electrons. The lowest BCUT2D eigenvalue weighted by Gasteiger charge is -2.14. The van der Waals surface area contributed by atoms with Gasteiger partial charge in [0.05, 0.1) is 17.8 Å². The van der Waals surface area contributed by atoms with Crippen LogP contribution >= 0.6 is 34.2 Å². The maximum Gasteiger partial charge on any atom is 0.262 e. The smallest absolute Gasteiger partial charge is 0.262 e. The Bertz CT molecular complexity index is 1220. The fraction of sp³-hybridized carbons (Fsp3) is 0.154. The molecule has 0 spiro atoms. The molecule has 0 unspecified atom stereocenters. The van der Waals surface area contributed by atoms with Gasteiger partial charge in [-0.15, -0.1) is 0 Å². The Kier molecular flexibility index (Phi) is 9.19. The van der Waals surface area contributed by atoms with Crippen LogP contribution in [0.15, 0.2) is 66.2 Å². The fourth-order valence-electron chi connectivity index (χ4n) is 3.04. The van der Waals surface area contributed by atoms with E-state index in [0.717, 1.165) is 20.4 Å². The number of carbonyl (C=O) groups excluding carboxylic acids is 1. The van der Waals surface area contributed by atoms with E-state index in [1.165, 1.54) is 6.08 Å². The molecule has 0 aromatic heterocycles. The third-order valence-electron chi connectivity index (χ3n) is 4.84. The van der Waals surface area contributed by atoms with E-state index in [1.54, 1.807) is 32.4 Å². The summed E-state index contributed by atoms with van der Waals surface area (Å²) in [5.74, 6) is 1.35. The summed E-state index contributed by atoms with van der Waals surface area (Å²) >= 11 is 8.07.